The van der Waals surface area contributed by atoms with Gasteiger partial charge in [0, 0.05) is 35.7 Å². The summed E-state index contributed by atoms with van der Waals surface area (Å²) in [6, 6.07) is 10.8. The van der Waals surface area contributed by atoms with Crippen molar-refractivity contribution >= 4 is 29.0 Å². The molecular weight excluding hydrogens is 338 g/mol. The Bertz CT molecular complexity index is 886. The van der Waals surface area contributed by atoms with Gasteiger partial charge in [-0.15, -0.1) is 0 Å². The number of halogens is 1. The SMILES string of the molecule is Cc1c(Cl)cccc1NC(=O)c1cc(NCc2ccncc2)ncn1. The first kappa shape index (κ1) is 16.9. The molecule has 3 rings (SSSR count). The number of benzene rings is 1. The summed E-state index contributed by atoms with van der Waals surface area (Å²) < 4.78 is 0. The van der Waals surface area contributed by atoms with Gasteiger partial charge in [-0.25, -0.2) is 9.97 Å². The van der Waals surface area contributed by atoms with Gasteiger partial charge in [-0.2, -0.15) is 0 Å². The van der Waals surface area contributed by atoms with Gasteiger partial charge >= 0.3 is 0 Å². The monoisotopic (exact) mass is 353 g/mol. The highest BCUT2D eigenvalue weighted by Crippen LogP contribution is 2.23. The van der Waals surface area contributed by atoms with Crippen LogP contribution in [0, 0.1) is 6.92 Å². The predicted octanol–water partition coefficient (Wildman–Crippen LogP) is 3.70. The summed E-state index contributed by atoms with van der Waals surface area (Å²) in [5, 5.41) is 6.58. The maximum absolute atomic E-state index is 12.4. The van der Waals surface area contributed by atoms with E-state index >= 15 is 0 Å². The molecule has 0 fully saturated rings. The van der Waals surface area contributed by atoms with E-state index in [0.717, 1.165) is 11.1 Å². The molecule has 1 aromatic carbocycles. The van der Waals surface area contributed by atoms with E-state index in [4.69, 9.17) is 11.6 Å². The van der Waals surface area contributed by atoms with Crippen molar-refractivity contribution in [1.29, 1.82) is 0 Å². The molecule has 0 saturated heterocycles. The highest BCUT2D eigenvalue weighted by molar-refractivity contribution is 6.31. The molecular formula is C18H16ClN5O. The summed E-state index contributed by atoms with van der Waals surface area (Å²) in [5.74, 6) is 0.250. The molecule has 3 aromatic rings. The third kappa shape index (κ3) is 4.30. The van der Waals surface area contributed by atoms with Gasteiger partial charge in [0.1, 0.15) is 17.8 Å². The first-order valence-corrected chi connectivity index (χ1v) is 8.02. The molecule has 25 heavy (non-hydrogen) atoms. The summed E-state index contributed by atoms with van der Waals surface area (Å²) in [6.07, 6.45) is 4.81. The summed E-state index contributed by atoms with van der Waals surface area (Å²) in [6.45, 7) is 2.42. The fraction of sp³-hybridized carbons (Fsp3) is 0.111. The first-order chi connectivity index (χ1) is 12.1. The second-order valence-corrected chi connectivity index (χ2v) is 5.77. The molecule has 126 valence electrons. The lowest BCUT2D eigenvalue weighted by molar-refractivity contribution is 0.102. The number of anilines is 2. The van der Waals surface area contributed by atoms with Gasteiger partial charge in [0.2, 0.25) is 0 Å². The number of hydrogen-bond acceptors (Lipinski definition) is 5. The van der Waals surface area contributed by atoms with E-state index < -0.39 is 0 Å². The summed E-state index contributed by atoms with van der Waals surface area (Å²) in [4.78, 5) is 24.6. The number of carbonyl (C=O) groups is 1. The Morgan fingerprint density at radius 2 is 1.96 bits per heavy atom. The van der Waals surface area contributed by atoms with E-state index in [1.807, 2.05) is 19.1 Å². The molecule has 0 spiro atoms. The van der Waals surface area contributed by atoms with Crippen LogP contribution in [0.15, 0.2) is 55.1 Å². The Morgan fingerprint density at radius 1 is 1.16 bits per heavy atom. The van der Waals surface area contributed by atoms with E-state index in [9.17, 15) is 4.79 Å². The van der Waals surface area contributed by atoms with Gasteiger partial charge in [-0.1, -0.05) is 17.7 Å². The third-order valence-electron chi connectivity index (χ3n) is 3.64. The molecule has 1 amide bonds. The minimum Gasteiger partial charge on any atom is -0.366 e. The topological polar surface area (TPSA) is 79.8 Å². The Morgan fingerprint density at radius 3 is 2.76 bits per heavy atom. The smallest absolute Gasteiger partial charge is 0.274 e. The van der Waals surface area contributed by atoms with E-state index in [0.29, 0.717) is 23.1 Å². The lowest BCUT2D eigenvalue weighted by Gasteiger charge is -2.10. The van der Waals surface area contributed by atoms with Crippen molar-refractivity contribution in [2.75, 3.05) is 10.6 Å². The maximum atomic E-state index is 12.4. The highest BCUT2D eigenvalue weighted by Gasteiger charge is 2.11. The van der Waals surface area contributed by atoms with Crippen LogP contribution in [0.5, 0.6) is 0 Å². The van der Waals surface area contributed by atoms with Gasteiger partial charge in [-0.05, 0) is 42.3 Å². The molecule has 2 N–H and O–H groups in total. The fourth-order valence-electron chi connectivity index (χ4n) is 2.20. The Kier molecular flexibility index (Phi) is 5.20. The molecule has 0 radical (unpaired) electrons. The van der Waals surface area contributed by atoms with Crippen LogP contribution < -0.4 is 10.6 Å². The fourth-order valence-corrected chi connectivity index (χ4v) is 2.38. The van der Waals surface area contributed by atoms with Crippen molar-refractivity contribution in [1.82, 2.24) is 15.0 Å². The molecule has 0 aliphatic rings. The number of hydrogen-bond donors (Lipinski definition) is 2. The Labute approximate surface area is 150 Å². The minimum atomic E-state index is -0.320. The number of aromatic nitrogens is 3. The molecule has 0 unspecified atom stereocenters. The highest BCUT2D eigenvalue weighted by atomic mass is 35.5. The van der Waals surface area contributed by atoms with Gasteiger partial charge in [0.15, 0.2) is 0 Å². The summed E-state index contributed by atoms with van der Waals surface area (Å²) in [5.41, 5.74) is 2.80. The Balaban J connectivity index is 1.70. The van der Waals surface area contributed by atoms with Crippen LogP contribution in [0.4, 0.5) is 11.5 Å². The van der Waals surface area contributed by atoms with Crippen molar-refractivity contribution in [3.8, 4) is 0 Å². The van der Waals surface area contributed by atoms with Crippen LogP contribution in [-0.4, -0.2) is 20.9 Å². The van der Waals surface area contributed by atoms with Crippen LogP contribution in [-0.2, 0) is 6.54 Å². The summed E-state index contributed by atoms with van der Waals surface area (Å²) >= 11 is 6.08. The van der Waals surface area contributed by atoms with E-state index in [2.05, 4.69) is 25.6 Å². The van der Waals surface area contributed by atoms with Crippen molar-refractivity contribution in [3.05, 3.63) is 77.0 Å². The van der Waals surface area contributed by atoms with Crippen LogP contribution >= 0.6 is 11.6 Å². The van der Waals surface area contributed by atoms with Crippen LogP contribution in [0.1, 0.15) is 21.6 Å². The van der Waals surface area contributed by atoms with Crippen LogP contribution in [0.2, 0.25) is 5.02 Å². The lowest BCUT2D eigenvalue weighted by Crippen LogP contribution is -2.15. The maximum Gasteiger partial charge on any atom is 0.274 e. The summed E-state index contributed by atoms with van der Waals surface area (Å²) in [7, 11) is 0. The van der Waals surface area contributed by atoms with E-state index in [-0.39, 0.29) is 11.6 Å². The third-order valence-corrected chi connectivity index (χ3v) is 4.05. The van der Waals surface area contributed by atoms with Gasteiger partial charge in [0.05, 0.1) is 0 Å². The standard InChI is InChI=1S/C18H16ClN5O/c1-12-14(19)3-2-4-15(12)24-18(25)16-9-17(23-11-22-16)21-10-13-5-7-20-8-6-13/h2-9,11H,10H2,1H3,(H,24,25)(H,21,22,23). The second kappa shape index (κ2) is 7.72. The number of pyridine rings is 1. The molecule has 0 atom stereocenters. The molecule has 2 aromatic heterocycles. The molecule has 0 saturated carbocycles. The molecule has 0 aliphatic heterocycles. The van der Waals surface area contributed by atoms with Gasteiger partial charge in [0.25, 0.3) is 5.91 Å². The van der Waals surface area contributed by atoms with Crippen molar-refractivity contribution in [2.24, 2.45) is 0 Å². The average molecular weight is 354 g/mol. The second-order valence-electron chi connectivity index (χ2n) is 5.36. The molecule has 2 heterocycles. The normalized spacial score (nSPS) is 10.3. The predicted molar refractivity (Wildman–Crippen MR) is 97.7 cm³/mol. The molecule has 0 bridgehead atoms. The zero-order chi connectivity index (χ0) is 17.6. The Hall–Kier alpha value is -2.99. The van der Waals surface area contributed by atoms with Crippen LogP contribution in [0.25, 0.3) is 0 Å². The van der Waals surface area contributed by atoms with Crippen molar-refractivity contribution < 1.29 is 4.79 Å². The van der Waals surface area contributed by atoms with Gasteiger partial charge < -0.3 is 10.6 Å². The van der Waals surface area contributed by atoms with E-state index in [1.54, 1.807) is 36.7 Å². The zero-order valence-corrected chi connectivity index (χ0v) is 14.3. The van der Waals surface area contributed by atoms with E-state index in [1.165, 1.54) is 6.33 Å². The van der Waals surface area contributed by atoms with Crippen molar-refractivity contribution in [2.45, 2.75) is 13.5 Å². The minimum absolute atomic E-state index is 0.270. The molecule has 0 aliphatic carbocycles. The average Bonchev–Trinajstić information content (AvgIpc) is 2.65. The largest absolute Gasteiger partial charge is 0.366 e. The molecule has 6 nitrogen and oxygen atoms in total. The lowest BCUT2D eigenvalue weighted by atomic mass is 10.2. The van der Waals surface area contributed by atoms with Crippen LogP contribution in [0.3, 0.4) is 0 Å². The van der Waals surface area contributed by atoms with Crippen molar-refractivity contribution in [3.63, 3.8) is 0 Å². The number of nitrogens with one attached hydrogen (secondary N) is 2. The number of nitrogens with zero attached hydrogens (tertiary/aromatic N) is 3. The number of rotatable bonds is 5. The first-order valence-electron chi connectivity index (χ1n) is 7.65. The zero-order valence-electron chi connectivity index (χ0n) is 13.5. The number of amides is 1. The quantitative estimate of drug-likeness (QED) is 0.731. The number of carbonyl (C=O) groups excluding carboxylic acids is 1. The van der Waals surface area contributed by atoms with Gasteiger partial charge in [-0.3, -0.25) is 9.78 Å². The molecule has 7 heteroatoms.